The van der Waals surface area contributed by atoms with Crippen LogP contribution in [0, 0.1) is 11.7 Å². The van der Waals surface area contributed by atoms with Gasteiger partial charge in [0.25, 0.3) is 0 Å². The maximum Gasteiger partial charge on any atom is 0.410 e. The molecular weight excluding hydrogens is 365 g/mol. The number of likely N-dealkylation sites (tertiary alicyclic amines) is 1. The van der Waals surface area contributed by atoms with Crippen molar-refractivity contribution in [2.75, 3.05) is 13.1 Å². The maximum atomic E-state index is 14.2. The highest BCUT2D eigenvalue weighted by molar-refractivity contribution is 5.71. The van der Waals surface area contributed by atoms with Crippen molar-refractivity contribution in [3.05, 3.63) is 41.8 Å². The van der Waals surface area contributed by atoms with Crippen LogP contribution in [0.3, 0.4) is 0 Å². The van der Waals surface area contributed by atoms with Crippen LogP contribution in [-0.2, 0) is 22.5 Å². The summed E-state index contributed by atoms with van der Waals surface area (Å²) >= 11 is 0. The number of carbonyl (C=O) groups is 2. The Morgan fingerprint density at radius 2 is 2.00 bits per heavy atom. The van der Waals surface area contributed by atoms with E-state index in [9.17, 15) is 14.0 Å². The predicted molar refractivity (Wildman–Crippen MR) is 100 cm³/mol. The third-order valence-corrected chi connectivity index (χ3v) is 4.36. The highest BCUT2D eigenvalue weighted by atomic mass is 19.1. The van der Waals surface area contributed by atoms with E-state index in [1.807, 2.05) is 20.8 Å². The van der Waals surface area contributed by atoms with Gasteiger partial charge in [0.2, 0.25) is 0 Å². The number of rotatable bonds is 5. The fraction of sp³-hybridized carbons (Fsp3) is 0.450. The molecule has 1 aliphatic rings. The number of ether oxygens (including phenoxy) is 1. The van der Waals surface area contributed by atoms with E-state index in [2.05, 4.69) is 5.10 Å². The molecule has 0 unspecified atom stereocenters. The fourth-order valence-corrected chi connectivity index (χ4v) is 3.09. The van der Waals surface area contributed by atoms with Gasteiger partial charge >= 0.3 is 12.1 Å². The zero-order chi connectivity index (χ0) is 20.5. The standard InChI is InChI=1S/C20H24FN3O4/c1-20(2,3)28-19(27)23-10-14(11-23)12-24-7-6-17(22-24)15-8-13(9-18(25)26)4-5-16(15)21/h4-8,14H,9-12H2,1-3H3,(H,25,26). The van der Waals surface area contributed by atoms with Crippen LogP contribution >= 0.6 is 0 Å². The molecule has 1 N–H and O–H groups in total. The Morgan fingerprint density at radius 1 is 1.29 bits per heavy atom. The number of aromatic nitrogens is 2. The first-order valence-electron chi connectivity index (χ1n) is 9.13. The zero-order valence-corrected chi connectivity index (χ0v) is 16.2. The lowest BCUT2D eigenvalue weighted by molar-refractivity contribution is -0.136. The van der Waals surface area contributed by atoms with Gasteiger partial charge in [0, 0.05) is 37.3 Å². The summed E-state index contributed by atoms with van der Waals surface area (Å²) in [5, 5.41) is 13.3. The van der Waals surface area contributed by atoms with Crippen LogP contribution in [0.4, 0.5) is 9.18 Å². The molecule has 2 heterocycles. The van der Waals surface area contributed by atoms with Crippen LogP contribution in [0.2, 0.25) is 0 Å². The number of nitrogens with zero attached hydrogens (tertiary/aromatic N) is 3. The predicted octanol–water partition coefficient (Wildman–Crippen LogP) is 3.18. The average Bonchev–Trinajstić information content (AvgIpc) is 2.98. The van der Waals surface area contributed by atoms with Gasteiger partial charge in [0.1, 0.15) is 11.4 Å². The number of amides is 1. The lowest BCUT2D eigenvalue weighted by Gasteiger charge is -2.39. The summed E-state index contributed by atoms with van der Waals surface area (Å²) in [5.74, 6) is -1.16. The molecule has 3 rings (SSSR count). The highest BCUT2D eigenvalue weighted by Gasteiger charge is 2.33. The SMILES string of the molecule is CC(C)(C)OC(=O)N1CC(Cn2ccc(-c3cc(CC(=O)O)ccc3F)n2)C1. The Kier molecular flexibility index (Phi) is 5.40. The first-order chi connectivity index (χ1) is 13.1. The minimum Gasteiger partial charge on any atom is -0.481 e. The van der Waals surface area contributed by atoms with Crippen molar-refractivity contribution in [3.63, 3.8) is 0 Å². The third-order valence-electron chi connectivity index (χ3n) is 4.36. The van der Waals surface area contributed by atoms with Gasteiger partial charge < -0.3 is 14.7 Å². The maximum absolute atomic E-state index is 14.2. The number of hydrogen-bond donors (Lipinski definition) is 1. The Labute approximate surface area is 162 Å². The topological polar surface area (TPSA) is 84.7 Å². The van der Waals surface area contributed by atoms with Gasteiger partial charge in [0.05, 0.1) is 12.1 Å². The molecule has 1 aliphatic heterocycles. The molecule has 0 bridgehead atoms. The quantitative estimate of drug-likeness (QED) is 0.849. The largest absolute Gasteiger partial charge is 0.481 e. The molecule has 7 nitrogen and oxygen atoms in total. The number of aliphatic carboxylic acids is 1. The van der Waals surface area contributed by atoms with Crippen molar-refractivity contribution >= 4 is 12.1 Å². The zero-order valence-electron chi connectivity index (χ0n) is 16.2. The minimum atomic E-state index is -0.970. The number of carbonyl (C=O) groups excluding carboxylic acids is 1. The Balaban J connectivity index is 1.60. The van der Waals surface area contributed by atoms with E-state index in [0.29, 0.717) is 30.9 Å². The normalized spacial score (nSPS) is 14.6. The molecule has 1 aromatic heterocycles. The first kappa shape index (κ1) is 19.9. The Bertz CT molecular complexity index is 882. The number of carboxylic acid groups (broad SMARTS) is 1. The lowest BCUT2D eigenvalue weighted by atomic mass is 10.0. The highest BCUT2D eigenvalue weighted by Crippen LogP contribution is 2.25. The van der Waals surface area contributed by atoms with Crippen molar-refractivity contribution in [3.8, 4) is 11.3 Å². The van der Waals surface area contributed by atoms with E-state index in [-0.39, 0.29) is 24.0 Å². The molecule has 0 saturated carbocycles. The molecular formula is C20H24FN3O4. The molecule has 2 aromatic rings. The summed E-state index contributed by atoms with van der Waals surface area (Å²) in [7, 11) is 0. The molecule has 0 aliphatic carbocycles. The van der Waals surface area contributed by atoms with Crippen LogP contribution in [0.15, 0.2) is 30.5 Å². The van der Waals surface area contributed by atoms with Crippen molar-refractivity contribution in [2.45, 2.75) is 39.3 Å². The van der Waals surface area contributed by atoms with E-state index in [0.717, 1.165) is 0 Å². The van der Waals surface area contributed by atoms with Crippen molar-refractivity contribution in [2.24, 2.45) is 5.92 Å². The third kappa shape index (κ3) is 4.88. The van der Waals surface area contributed by atoms with Gasteiger partial charge in [0.15, 0.2) is 0 Å². The Morgan fingerprint density at radius 3 is 2.64 bits per heavy atom. The Hall–Kier alpha value is -2.90. The van der Waals surface area contributed by atoms with Gasteiger partial charge in [-0.15, -0.1) is 0 Å². The summed E-state index contributed by atoms with van der Waals surface area (Å²) < 4.78 is 21.2. The number of carboxylic acids is 1. The van der Waals surface area contributed by atoms with E-state index >= 15 is 0 Å². The summed E-state index contributed by atoms with van der Waals surface area (Å²) in [5.41, 5.74) is 0.734. The summed E-state index contributed by atoms with van der Waals surface area (Å²) in [6.07, 6.45) is 1.27. The molecule has 28 heavy (non-hydrogen) atoms. The molecule has 1 saturated heterocycles. The minimum absolute atomic E-state index is 0.170. The molecule has 1 fully saturated rings. The monoisotopic (exact) mass is 389 g/mol. The molecule has 0 atom stereocenters. The van der Waals surface area contributed by atoms with Crippen LogP contribution in [0.25, 0.3) is 11.3 Å². The molecule has 0 spiro atoms. The van der Waals surface area contributed by atoms with E-state index in [4.69, 9.17) is 9.84 Å². The number of benzene rings is 1. The number of halogens is 1. The molecule has 0 radical (unpaired) electrons. The average molecular weight is 389 g/mol. The smallest absolute Gasteiger partial charge is 0.410 e. The van der Waals surface area contributed by atoms with E-state index in [1.54, 1.807) is 21.8 Å². The summed E-state index contributed by atoms with van der Waals surface area (Å²) in [6.45, 7) is 7.28. The van der Waals surface area contributed by atoms with Gasteiger partial charge in [-0.2, -0.15) is 5.10 Å². The van der Waals surface area contributed by atoms with E-state index in [1.165, 1.54) is 18.2 Å². The van der Waals surface area contributed by atoms with Gasteiger partial charge in [-0.05, 0) is 44.5 Å². The van der Waals surface area contributed by atoms with Gasteiger partial charge in [-0.25, -0.2) is 9.18 Å². The first-order valence-corrected chi connectivity index (χ1v) is 9.13. The van der Waals surface area contributed by atoms with Crippen LogP contribution in [0.5, 0.6) is 0 Å². The van der Waals surface area contributed by atoms with Crippen LogP contribution in [-0.4, -0.2) is 50.5 Å². The van der Waals surface area contributed by atoms with Gasteiger partial charge in [-0.1, -0.05) is 6.07 Å². The second-order valence-electron chi connectivity index (χ2n) is 8.06. The number of hydrogen-bond acceptors (Lipinski definition) is 4. The second kappa shape index (κ2) is 7.61. The molecule has 1 amide bonds. The summed E-state index contributed by atoms with van der Waals surface area (Å²) in [6, 6.07) is 5.94. The van der Waals surface area contributed by atoms with Gasteiger partial charge in [-0.3, -0.25) is 9.48 Å². The molecule has 8 heteroatoms. The summed E-state index contributed by atoms with van der Waals surface area (Å²) in [4.78, 5) is 24.5. The van der Waals surface area contributed by atoms with Crippen LogP contribution in [0.1, 0.15) is 26.3 Å². The van der Waals surface area contributed by atoms with Crippen molar-refractivity contribution < 1.29 is 23.8 Å². The molecule has 1 aromatic carbocycles. The van der Waals surface area contributed by atoms with Crippen LogP contribution < -0.4 is 0 Å². The second-order valence-corrected chi connectivity index (χ2v) is 8.06. The molecule has 150 valence electrons. The lowest BCUT2D eigenvalue weighted by Crippen LogP contribution is -2.52. The van der Waals surface area contributed by atoms with Crippen molar-refractivity contribution in [1.82, 2.24) is 14.7 Å². The van der Waals surface area contributed by atoms with E-state index < -0.39 is 17.4 Å². The fourth-order valence-electron chi connectivity index (χ4n) is 3.09. The van der Waals surface area contributed by atoms with Crippen molar-refractivity contribution in [1.29, 1.82) is 0 Å².